The normalized spacial score (nSPS) is 24.7. The minimum Gasteiger partial charge on any atom is -0.459 e. The zero-order chi connectivity index (χ0) is 12.8. The molecule has 0 aromatic heterocycles. The van der Waals surface area contributed by atoms with Gasteiger partial charge in [-0.1, -0.05) is 6.58 Å². The van der Waals surface area contributed by atoms with Crippen LogP contribution in [0, 0.1) is 0 Å². The van der Waals surface area contributed by atoms with Crippen LogP contribution in [0.4, 0.5) is 0 Å². The van der Waals surface area contributed by atoms with E-state index in [-0.39, 0.29) is 30.9 Å². The van der Waals surface area contributed by atoms with Crippen LogP contribution >= 0.6 is 0 Å². The second-order valence-corrected chi connectivity index (χ2v) is 4.65. The quantitative estimate of drug-likeness (QED) is 0.547. The molecule has 17 heavy (non-hydrogen) atoms. The maximum atomic E-state index is 11.3. The Morgan fingerprint density at radius 2 is 2.24 bits per heavy atom. The zero-order valence-electron chi connectivity index (χ0n) is 10.9. The SMILES string of the molecule is C=C(C)C(=O)OCC1OCCCC1OC(C)C. The van der Waals surface area contributed by atoms with E-state index in [1.165, 1.54) is 0 Å². The van der Waals surface area contributed by atoms with E-state index in [2.05, 4.69) is 6.58 Å². The fraction of sp³-hybridized carbons (Fsp3) is 0.769. The average Bonchev–Trinajstić information content (AvgIpc) is 2.26. The third-order valence-electron chi connectivity index (χ3n) is 2.55. The van der Waals surface area contributed by atoms with Crippen LogP contribution in [0.3, 0.4) is 0 Å². The number of esters is 1. The minimum absolute atomic E-state index is 0.0154. The maximum Gasteiger partial charge on any atom is 0.333 e. The summed E-state index contributed by atoms with van der Waals surface area (Å²) in [4.78, 5) is 11.3. The lowest BCUT2D eigenvalue weighted by molar-refractivity contribution is -0.160. The van der Waals surface area contributed by atoms with Crippen LogP contribution in [0.1, 0.15) is 33.6 Å². The Morgan fingerprint density at radius 3 is 2.82 bits per heavy atom. The minimum atomic E-state index is -0.373. The number of hydrogen-bond donors (Lipinski definition) is 0. The molecule has 0 spiro atoms. The van der Waals surface area contributed by atoms with Gasteiger partial charge in [-0.05, 0) is 33.6 Å². The first-order valence-corrected chi connectivity index (χ1v) is 6.10. The highest BCUT2D eigenvalue weighted by Gasteiger charge is 2.28. The van der Waals surface area contributed by atoms with E-state index in [0.29, 0.717) is 12.2 Å². The lowest BCUT2D eigenvalue weighted by Crippen LogP contribution is -2.41. The number of ether oxygens (including phenoxy) is 3. The van der Waals surface area contributed by atoms with Crippen molar-refractivity contribution in [2.24, 2.45) is 0 Å². The molecular weight excluding hydrogens is 220 g/mol. The second kappa shape index (κ2) is 6.77. The Morgan fingerprint density at radius 1 is 1.53 bits per heavy atom. The van der Waals surface area contributed by atoms with Crippen molar-refractivity contribution in [1.29, 1.82) is 0 Å². The Balaban J connectivity index is 2.42. The van der Waals surface area contributed by atoms with E-state index in [0.717, 1.165) is 12.8 Å². The van der Waals surface area contributed by atoms with E-state index in [9.17, 15) is 4.79 Å². The zero-order valence-corrected chi connectivity index (χ0v) is 10.9. The van der Waals surface area contributed by atoms with Crippen molar-refractivity contribution in [3.8, 4) is 0 Å². The van der Waals surface area contributed by atoms with Gasteiger partial charge in [-0.2, -0.15) is 0 Å². The molecule has 0 radical (unpaired) electrons. The van der Waals surface area contributed by atoms with Gasteiger partial charge >= 0.3 is 5.97 Å². The van der Waals surface area contributed by atoms with Gasteiger partial charge in [0.05, 0.1) is 12.2 Å². The van der Waals surface area contributed by atoms with Crippen LogP contribution in [0.2, 0.25) is 0 Å². The molecule has 1 fully saturated rings. The molecule has 98 valence electrons. The van der Waals surface area contributed by atoms with Gasteiger partial charge in [-0.3, -0.25) is 0 Å². The highest BCUT2D eigenvalue weighted by Crippen LogP contribution is 2.19. The molecule has 0 N–H and O–H groups in total. The molecule has 1 aliphatic rings. The summed E-state index contributed by atoms with van der Waals surface area (Å²) < 4.78 is 16.5. The number of carbonyl (C=O) groups excluding carboxylic acids is 1. The Hall–Kier alpha value is -0.870. The molecule has 0 saturated carbocycles. The lowest BCUT2D eigenvalue weighted by Gasteiger charge is -2.32. The van der Waals surface area contributed by atoms with Crippen molar-refractivity contribution in [2.75, 3.05) is 13.2 Å². The molecule has 0 aromatic carbocycles. The highest BCUT2D eigenvalue weighted by atomic mass is 16.6. The third-order valence-corrected chi connectivity index (χ3v) is 2.55. The fourth-order valence-electron chi connectivity index (χ4n) is 1.75. The molecule has 0 bridgehead atoms. The first-order chi connectivity index (χ1) is 8.00. The van der Waals surface area contributed by atoms with E-state index >= 15 is 0 Å². The van der Waals surface area contributed by atoms with Crippen molar-refractivity contribution in [3.63, 3.8) is 0 Å². The standard InChI is InChI=1S/C13H22O4/c1-9(2)13(14)16-8-12-11(17-10(3)4)6-5-7-15-12/h10-12H,1,5-8H2,2-4H3. The van der Waals surface area contributed by atoms with E-state index in [1.807, 2.05) is 13.8 Å². The smallest absolute Gasteiger partial charge is 0.333 e. The predicted octanol–water partition coefficient (Wildman–Crippen LogP) is 2.08. The third kappa shape index (κ3) is 4.88. The largest absolute Gasteiger partial charge is 0.459 e. The monoisotopic (exact) mass is 242 g/mol. The van der Waals surface area contributed by atoms with Crippen molar-refractivity contribution in [1.82, 2.24) is 0 Å². The van der Waals surface area contributed by atoms with Crippen molar-refractivity contribution >= 4 is 5.97 Å². The predicted molar refractivity (Wildman–Crippen MR) is 64.8 cm³/mol. The first-order valence-electron chi connectivity index (χ1n) is 6.10. The van der Waals surface area contributed by atoms with Crippen molar-refractivity contribution < 1.29 is 19.0 Å². The van der Waals surface area contributed by atoms with Gasteiger partial charge in [-0.15, -0.1) is 0 Å². The van der Waals surface area contributed by atoms with E-state index < -0.39 is 0 Å². The van der Waals surface area contributed by atoms with E-state index in [1.54, 1.807) is 6.92 Å². The van der Waals surface area contributed by atoms with Crippen LogP contribution in [0.25, 0.3) is 0 Å². The van der Waals surface area contributed by atoms with Gasteiger partial charge in [0.25, 0.3) is 0 Å². The van der Waals surface area contributed by atoms with Gasteiger partial charge in [-0.25, -0.2) is 4.79 Å². The average molecular weight is 242 g/mol. The van der Waals surface area contributed by atoms with Crippen LogP contribution in [0.5, 0.6) is 0 Å². The highest BCUT2D eigenvalue weighted by molar-refractivity contribution is 5.86. The maximum absolute atomic E-state index is 11.3. The summed E-state index contributed by atoms with van der Waals surface area (Å²) in [7, 11) is 0. The summed E-state index contributed by atoms with van der Waals surface area (Å²) in [5.41, 5.74) is 0.405. The van der Waals surface area contributed by atoms with Crippen molar-refractivity contribution in [3.05, 3.63) is 12.2 Å². The second-order valence-electron chi connectivity index (χ2n) is 4.65. The summed E-state index contributed by atoms with van der Waals surface area (Å²) in [6, 6.07) is 0. The number of hydrogen-bond acceptors (Lipinski definition) is 4. The molecule has 1 rings (SSSR count). The van der Waals surface area contributed by atoms with Crippen LogP contribution < -0.4 is 0 Å². The first kappa shape index (κ1) is 14.2. The van der Waals surface area contributed by atoms with Gasteiger partial charge < -0.3 is 14.2 Å². The summed E-state index contributed by atoms with van der Waals surface area (Å²) in [6.07, 6.45) is 1.95. The molecule has 2 unspecified atom stereocenters. The molecule has 1 aliphatic heterocycles. The molecule has 1 heterocycles. The lowest BCUT2D eigenvalue weighted by atomic mass is 10.1. The molecule has 1 saturated heterocycles. The number of rotatable bonds is 5. The summed E-state index contributed by atoms with van der Waals surface area (Å²) in [6.45, 7) is 10.1. The molecule has 0 amide bonds. The van der Waals surface area contributed by atoms with Crippen molar-refractivity contribution in [2.45, 2.75) is 51.9 Å². The molecule has 0 aliphatic carbocycles. The topological polar surface area (TPSA) is 44.8 Å². The van der Waals surface area contributed by atoms with E-state index in [4.69, 9.17) is 14.2 Å². The van der Waals surface area contributed by atoms with Crippen LogP contribution in [-0.2, 0) is 19.0 Å². The molecule has 2 atom stereocenters. The van der Waals surface area contributed by atoms with Gasteiger partial charge in [0.1, 0.15) is 12.7 Å². The van der Waals surface area contributed by atoms with Crippen LogP contribution in [-0.4, -0.2) is 37.5 Å². The van der Waals surface area contributed by atoms with Gasteiger partial charge in [0.2, 0.25) is 0 Å². The summed E-state index contributed by atoms with van der Waals surface area (Å²) in [5.74, 6) is -0.373. The number of carbonyl (C=O) groups is 1. The molecular formula is C13H22O4. The fourth-order valence-corrected chi connectivity index (χ4v) is 1.75. The molecule has 4 heteroatoms. The Kier molecular flexibility index (Phi) is 5.65. The molecule has 4 nitrogen and oxygen atoms in total. The molecule has 0 aromatic rings. The summed E-state index contributed by atoms with van der Waals surface area (Å²) in [5, 5.41) is 0. The Labute approximate surface area is 103 Å². The van der Waals surface area contributed by atoms with Gasteiger partial charge in [0, 0.05) is 12.2 Å². The van der Waals surface area contributed by atoms with Gasteiger partial charge in [0.15, 0.2) is 0 Å². The van der Waals surface area contributed by atoms with Crippen LogP contribution in [0.15, 0.2) is 12.2 Å². The summed E-state index contributed by atoms with van der Waals surface area (Å²) >= 11 is 0. The Bertz CT molecular complexity index is 273.